The molecule has 25 heavy (non-hydrogen) atoms. The normalized spacial score (nSPS) is 23.7. The van der Waals surface area contributed by atoms with Gasteiger partial charge in [0, 0.05) is 22.8 Å². The number of likely N-dealkylation sites (tertiary alicyclic amines) is 1. The highest BCUT2D eigenvalue weighted by Crippen LogP contribution is 2.37. The number of piperidine rings is 1. The Morgan fingerprint density at radius 1 is 1.24 bits per heavy atom. The molecule has 0 spiro atoms. The number of hydrogen-bond acceptors (Lipinski definition) is 5. The molecular weight excluding hydrogens is 350 g/mol. The molecule has 1 amide bonds. The van der Waals surface area contributed by atoms with Crippen molar-refractivity contribution < 1.29 is 4.79 Å². The number of carbonyl (C=O) groups is 1. The van der Waals surface area contributed by atoms with E-state index in [0.29, 0.717) is 11.8 Å². The molecular formula is C19H25N3OS2. The Labute approximate surface area is 157 Å². The molecule has 4 nitrogen and oxygen atoms in total. The second kappa shape index (κ2) is 7.23. The van der Waals surface area contributed by atoms with Crippen LogP contribution in [0.15, 0.2) is 11.4 Å². The van der Waals surface area contributed by atoms with Crippen LogP contribution in [0.1, 0.15) is 49.0 Å². The fourth-order valence-electron chi connectivity index (χ4n) is 4.41. The average Bonchev–Trinajstić information content (AvgIpc) is 2.94. The highest BCUT2D eigenvalue weighted by molar-refractivity contribution is 8.00. The van der Waals surface area contributed by atoms with Crippen molar-refractivity contribution >= 4 is 39.2 Å². The van der Waals surface area contributed by atoms with Crippen LogP contribution in [0.4, 0.5) is 0 Å². The van der Waals surface area contributed by atoms with E-state index in [1.165, 1.54) is 42.5 Å². The van der Waals surface area contributed by atoms with E-state index in [0.717, 1.165) is 34.1 Å². The molecule has 6 heteroatoms. The number of fused-ring (bicyclic) bond motifs is 2. The summed E-state index contributed by atoms with van der Waals surface area (Å²) in [6.45, 7) is 5.19. The van der Waals surface area contributed by atoms with E-state index in [9.17, 15) is 4.79 Å². The first kappa shape index (κ1) is 17.3. The third kappa shape index (κ3) is 3.31. The summed E-state index contributed by atoms with van der Waals surface area (Å²) in [5.41, 5.74) is 1.25. The summed E-state index contributed by atoms with van der Waals surface area (Å²) in [6.07, 6.45) is 9.22. The van der Waals surface area contributed by atoms with Gasteiger partial charge in [0.25, 0.3) is 0 Å². The Bertz CT molecular complexity index is 786. The number of thioether (sulfide) groups is 1. The van der Waals surface area contributed by atoms with E-state index in [-0.39, 0.29) is 5.91 Å². The molecule has 1 aliphatic heterocycles. The molecule has 3 heterocycles. The highest BCUT2D eigenvalue weighted by atomic mass is 32.2. The quantitative estimate of drug-likeness (QED) is 0.582. The molecule has 1 saturated carbocycles. The van der Waals surface area contributed by atoms with Crippen LogP contribution >= 0.6 is 23.1 Å². The Kier molecular flexibility index (Phi) is 5.00. The molecule has 1 saturated heterocycles. The topological polar surface area (TPSA) is 46.1 Å². The van der Waals surface area contributed by atoms with Gasteiger partial charge in [-0.15, -0.1) is 11.3 Å². The van der Waals surface area contributed by atoms with Crippen LogP contribution in [-0.2, 0) is 4.79 Å². The van der Waals surface area contributed by atoms with Crippen molar-refractivity contribution in [3.63, 3.8) is 0 Å². The number of hydrogen-bond donors (Lipinski definition) is 0. The molecule has 2 fully saturated rings. The number of rotatable bonds is 3. The van der Waals surface area contributed by atoms with Crippen LogP contribution in [0.2, 0.25) is 0 Å². The summed E-state index contributed by atoms with van der Waals surface area (Å²) in [7, 11) is 0. The van der Waals surface area contributed by atoms with Crippen molar-refractivity contribution in [2.24, 2.45) is 5.92 Å². The van der Waals surface area contributed by atoms with Gasteiger partial charge >= 0.3 is 0 Å². The predicted molar refractivity (Wildman–Crippen MR) is 104 cm³/mol. The molecule has 2 aromatic rings. The van der Waals surface area contributed by atoms with Crippen LogP contribution in [0.25, 0.3) is 10.2 Å². The second-order valence-electron chi connectivity index (χ2n) is 7.27. The van der Waals surface area contributed by atoms with E-state index < -0.39 is 0 Å². The second-order valence-corrected chi connectivity index (χ2v) is 9.44. The molecule has 4 rings (SSSR count). The third-order valence-electron chi connectivity index (χ3n) is 5.83. The molecule has 134 valence electrons. The average molecular weight is 376 g/mol. The van der Waals surface area contributed by atoms with Gasteiger partial charge in [0.05, 0.1) is 5.75 Å². The lowest BCUT2D eigenvalue weighted by Crippen LogP contribution is -2.50. The zero-order chi connectivity index (χ0) is 17.4. The van der Waals surface area contributed by atoms with Crippen molar-refractivity contribution in [3.8, 4) is 0 Å². The Morgan fingerprint density at radius 2 is 2.04 bits per heavy atom. The minimum absolute atomic E-state index is 0.290. The maximum Gasteiger partial charge on any atom is 0.233 e. The fraction of sp³-hybridized carbons (Fsp3) is 0.632. The first-order valence-corrected chi connectivity index (χ1v) is 11.1. The fourth-order valence-corrected chi connectivity index (χ4v) is 6.41. The van der Waals surface area contributed by atoms with Gasteiger partial charge in [-0.3, -0.25) is 4.79 Å². The van der Waals surface area contributed by atoms with E-state index in [1.807, 2.05) is 0 Å². The van der Waals surface area contributed by atoms with Gasteiger partial charge in [-0.1, -0.05) is 24.6 Å². The molecule has 0 aromatic carbocycles. The number of aromatic nitrogens is 2. The lowest BCUT2D eigenvalue weighted by Gasteiger charge is -2.44. The lowest BCUT2D eigenvalue weighted by molar-refractivity contribution is -0.134. The van der Waals surface area contributed by atoms with Crippen molar-refractivity contribution in [3.05, 3.63) is 16.8 Å². The Balaban J connectivity index is 1.49. The first-order chi connectivity index (χ1) is 12.1. The summed E-state index contributed by atoms with van der Waals surface area (Å²) in [5, 5.41) is 2.09. The lowest BCUT2D eigenvalue weighted by atomic mass is 9.78. The van der Waals surface area contributed by atoms with Crippen molar-refractivity contribution in [2.45, 2.75) is 63.4 Å². The van der Waals surface area contributed by atoms with Crippen LogP contribution in [0.3, 0.4) is 0 Å². The zero-order valence-corrected chi connectivity index (χ0v) is 16.6. The van der Waals surface area contributed by atoms with Crippen LogP contribution in [-0.4, -0.2) is 39.1 Å². The SMILES string of the molecule is Cc1sc2ncnc(SCC(=O)N3CCC[C@H]4CCCC[C@H]43)c2c1C. The Hall–Kier alpha value is -1.14. The number of nitrogens with zero attached hydrogens (tertiary/aromatic N) is 3. The van der Waals surface area contributed by atoms with Crippen LogP contribution in [0.5, 0.6) is 0 Å². The van der Waals surface area contributed by atoms with Crippen LogP contribution in [0, 0.1) is 19.8 Å². The van der Waals surface area contributed by atoms with E-state index in [2.05, 4.69) is 28.7 Å². The molecule has 0 unspecified atom stereocenters. The van der Waals surface area contributed by atoms with Gasteiger partial charge < -0.3 is 4.90 Å². The van der Waals surface area contributed by atoms with Gasteiger partial charge in [0.1, 0.15) is 16.2 Å². The van der Waals surface area contributed by atoms with Crippen molar-refractivity contribution in [2.75, 3.05) is 12.3 Å². The smallest absolute Gasteiger partial charge is 0.233 e. The first-order valence-electron chi connectivity index (χ1n) is 9.28. The summed E-state index contributed by atoms with van der Waals surface area (Å²) in [5.74, 6) is 1.52. The molecule has 1 aliphatic carbocycles. The Morgan fingerprint density at radius 3 is 2.92 bits per heavy atom. The van der Waals surface area contributed by atoms with Crippen molar-refractivity contribution in [1.29, 1.82) is 0 Å². The highest BCUT2D eigenvalue weighted by Gasteiger charge is 2.35. The third-order valence-corrected chi connectivity index (χ3v) is 7.92. The van der Waals surface area contributed by atoms with E-state index in [4.69, 9.17) is 0 Å². The minimum atomic E-state index is 0.290. The minimum Gasteiger partial charge on any atom is -0.339 e. The molecule has 2 aliphatic rings. The monoisotopic (exact) mass is 375 g/mol. The van der Waals surface area contributed by atoms with Gasteiger partial charge in [0.2, 0.25) is 5.91 Å². The molecule has 0 N–H and O–H groups in total. The maximum atomic E-state index is 12.9. The zero-order valence-electron chi connectivity index (χ0n) is 15.0. The van der Waals surface area contributed by atoms with E-state index >= 15 is 0 Å². The van der Waals surface area contributed by atoms with Gasteiger partial charge in [-0.2, -0.15) is 0 Å². The number of aryl methyl sites for hydroxylation is 2. The van der Waals surface area contributed by atoms with Gasteiger partial charge in [0.15, 0.2) is 0 Å². The number of thiophene rings is 1. The predicted octanol–water partition coefficient (Wildman–Crippen LogP) is 4.58. The maximum absolute atomic E-state index is 12.9. The molecule has 2 aromatic heterocycles. The van der Waals surface area contributed by atoms with E-state index in [1.54, 1.807) is 29.4 Å². The molecule has 2 atom stereocenters. The number of amides is 1. The summed E-state index contributed by atoms with van der Waals surface area (Å²) in [6, 6.07) is 0.492. The summed E-state index contributed by atoms with van der Waals surface area (Å²) < 4.78 is 0. The van der Waals surface area contributed by atoms with Gasteiger partial charge in [-0.25, -0.2) is 9.97 Å². The molecule has 0 radical (unpaired) electrons. The number of carbonyl (C=O) groups excluding carboxylic acids is 1. The standard InChI is InChI=1S/C19H25N3OS2/c1-12-13(2)25-19-17(12)18(20-11-21-19)24-10-16(23)22-9-5-7-14-6-3-4-8-15(14)22/h11,14-15H,3-10H2,1-2H3/t14-,15-/m1/s1. The summed E-state index contributed by atoms with van der Waals surface area (Å²) >= 11 is 3.29. The van der Waals surface area contributed by atoms with Crippen LogP contribution < -0.4 is 0 Å². The summed E-state index contributed by atoms with van der Waals surface area (Å²) in [4.78, 5) is 26.3. The largest absolute Gasteiger partial charge is 0.339 e. The van der Waals surface area contributed by atoms with Gasteiger partial charge in [-0.05, 0) is 51.0 Å². The molecule has 0 bridgehead atoms. The van der Waals surface area contributed by atoms with Crippen molar-refractivity contribution in [1.82, 2.24) is 14.9 Å².